The second-order valence-corrected chi connectivity index (χ2v) is 22.0. The number of nitriles is 1. The first-order chi connectivity index (χ1) is 39.2. The molecule has 1 fully saturated rings. The molecule has 2 N–H and O–H groups in total. The lowest BCUT2D eigenvalue weighted by Crippen LogP contribution is -2.41. The van der Waals surface area contributed by atoms with Gasteiger partial charge in [-0.2, -0.15) is 27.0 Å². The van der Waals surface area contributed by atoms with Crippen LogP contribution in [0, 0.1) is 17.2 Å². The molecular weight excluding hydrogens is 1050 g/mol. The number of alkyl halides is 3. The van der Waals surface area contributed by atoms with E-state index in [0.29, 0.717) is 23.8 Å². The van der Waals surface area contributed by atoms with Crippen molar-refractivity contribution in [3.63, 3.8) is 0 Å². The van der Waals surface area contributed by atoms with Gasteiger partial charge in [-0.25, -0.2) is 14.0 Å². The number of aliphatic carboxylic acids is 1. The molecule has 0 saturated heterocycles. The van der Waals surface area contributed by atoms with Gasteiger partial charge < -0.3 is 14.7 Å². The Morgan fingerprint density at radius 2 is 1.38 bits per heavy atom. The molecule has 1 aromatic heterocycles. The van der Waals surface area contributed by atoms with E-state index in [1.165, 1.54) is 0 Å². The molecule has 12 rings (SSSR count). The highest BCUT2D eigenvalue weighted by atomic mass is 32.2. The Hall–Kier alpha value is -9.42. The Labute approximate surface area is 464 Å². The highest BCUT2D eigenvalue weighted by Gasteiger charge is 2.54. The molecule has 0 bridgehead atoms. The van der Waals surface area contributed by atoms with E-state index in [1.54, 1.807) is 10.8 Å². The van der Waals surface area contributed by atoms with Crippen LogP contribution in [-0.4, -0.2) is 54.1 Å². The summed E-state index contributed by atoms with van der Waals surface area (Å²) >= 11 is 0. The number of allylic oxidation sites excluding steroid dienone is 1. The van der Waals surface area contributed by atoms with Crippen LogP contribution in [0.15, 0.2) is 200 Å². The fourth-order valence-corrected chi connectivity index (χ4v) is 12.7. The number of benzene rings is 9. The molecule has 1 saturated carbocycles. The average molecular weight is 1100 g/mol. The summed E-state index contributed by atoms with van der Waals surface area (Å²) in [6.45, 7) is -1.99. The van der Waals surface area contributed by atoms with Crippen molar-refractivity contribution in [1.82, 2.24) is 0 Å². The van der Waals surface area contributed by atoms with Crippen molar-refractivity contribution >= 4 is 106 Å². The van der Waals surface area contributed by atoms with Crippen molar-refractivity contribution in [1.29, 1.82) is 5.26 Å². The summed E-state index contributed by atoms with van der Waals surface area (Å²) in [5, 5.41) is 21.7. The van der Waals surface area contributed by atoms with Gasteiger partial charge >= 0.3 is 27.3 Å². The van der Waals surface area contributed by atoms with Crippen LogP contribution in [0.1, 0.15) is 57.7 Å². The van der Waals surface area contributed by atoms with Crippen LogP contribution in [0.4, 0.5) is 24.5 Å². The van der Waals surface area contributed by atoms with Gasteiger partial charge in [-0.1, -0.05) is 158 Å². The number of nitrogens with zero attached hydrogens (tertiary/aromatic N) is 3. The van der Waals surface area contributed by atoms with E-state index < -0.39 is 57.5 Å². The molecule has 2 heterocycles. The highest BCUT2D eigenvalue weighted by Crippen LogP contribution is 2.59. The van der Waals surface area contributed by atoms with Crippen LogP contribution in [0.25, 0.3) is 72.6 Å². The first kappa shape index (κ1) is 52.3. The fourth-order valence-electron chi connectivity index (χ4n) is 12.3. The van der Waals surface area contributed by atoms with Crippen LogP contribution < -0.4 is 9.47 Å². The van der Waals surface area contributed by atoms with Gasteiger partial charge in [-0.15, -0.1) is 0 Å². The number of carbonyl (C=O) groups is 2. The normalized spacial score (nSPS) is 16.8. The number of carbonyl (C=O) groups excluding carboxylic acids is 1. The van der Waals surface area contributed by atoms with Crippen LogP contribution in [0.3, 0.4) is 0 Å². The Balaban J connectivity index is 1.01. The summed E-state index contributed by atoms with van der Waals surface area (Å²) in [5.74, 6) is -3.45. The highest BCUT2D eigenvalue weighted by molar-refractivity contribution is 7.86. The number of halogens is 3. The number of carboxylic acids is 1. The first-order valence-electron chi connectivity index (χ1n) is 26.3. The summed E-state index contributed by atoms with van der Waals surface area (Å²) in [7, 11) is -6.24. The molecule has 1 aliphatic carbocycles. The number of rotatable bonds is 15. The molecule has 81 heavy (non-hydrogen) atoms. The van der Waals surface area contributed by atoms with Gasteiger partial charge in [-0.3, -0.25) is 4.55 Å². The second kappa shape index (κ2) is 21.0. The van der Waals surface area contributed by atoms with Gasteiger partial charge in [0, 0.05) is 35.5 Å². The SMILES string of the molecule is N#CC(C(=O)OCC(F)C(F)(F)S(=O)(=O)O)=C(c1ccc2ccc3cccc4ccc1c2c34)C1CCC2C1c1cc(C=Cc3cc[n+](CC(=O)O)c4ccccc34)ccc1N2c1ccc(C=C(c2ccccc2)c2ccccc2)cc1. The fraction of sp³-hybridized carbons (Fsp3) is 0.134. The maximum Gasteiger partial charge on any atom is 0.403 e. The molecule has 4 atom stereocenters. The van der Waals surface area contributed by atoms with Gasteiger partial charge in [-0.05, 0) is 138 Å². The monoisotopic (exact) mass is 1100 g/mol. The summed E-state index contributed by atoms with van der Waals surface area (Å²) in [6, 6.07) is 63.6. The van der Waals surface area contributed by atoms with Gasteiger partial charge in [0.25, 0.3) is 0 Å². The Morgan fingerprint density at radius 1 is 0.741 bits per heavy atom. The van der Waals surface area contributed by atoms with Crippen LogP contribution in [0.5, 0.6) is 0 Å². The smallest absolute Gasteiger partial charge is 0.403 e. The van der Waals surface area contributed by atoms with Gasteiger partial charge in [0.15, 0.2) is 6.20 Å². The molecule has 10 aromatic rings. The average Bonchev–Trinajstić information content (AvgIpc) is 3.96. The van der Waals surface area contributed by atoms with Crippen molar-refractivity contribution in [2.24, 2.45) is 5.92 Å². The van der Waals surface area contributed by atoms with Crippen molar-refractivity contribution in [3.05, 3.63) is 239 Å². The summed E-state index contributed by atoms with van der Waals surface area (Å²) in [5.41, 5.74) is 9.43. The van der Waals surface area contributed by atoms with Crippen LogP contribution >= 0.6 is 0 Å². The maximum atomic E-state index is 15.1. The lowest BCUT2D eigenvalue weighted by Gasteiger charge is -2.28. The van der Waals surface area contributed by atoms with Gasteiger partial charge in [0.2, 0.25) is 18.2 Å². The molecular formula is C67H49F3N3O7S+. The zero-order valence-corrected chi connectivity index (χ0v) is 44.0. The minimum Gasteiger partial charge on any atom is -0.477 e. The third kappa shape index (κ3) is 9.54. The molecule has 10 nitrogen and oxygen atoms in total. The standard InChI is InChI=1S/C67H48F3N3O7S/c68-60(67(69,70)81(77,78)79)40-80-66(76)56(38-71)64(52-30-26-48-24-23-46-14-9-15-47-25-29-51(52)63(48)62(46)47)53-31-33-59-65(53)55-37-41(18-22-45-34-35-72(39-61(74)75)57-17-8-7-16-50(45)57)21-32-58(55)73(59)49-27-19-42(20-28-49)36-54(43-10-3-1-4-11-43)44-12-5-2-6-13-44/h1-30,32,34-37,53,59-60,65H,31,33,39-40H2,(H-,74,75,77,78,79)/p+1. The number of fused-ring (bicyclic) bond motifs is 4. The number of pyridine rings is 1. The van der Waals surface area contributed by atoms with Gasteiger partial charge in [0.1, 0.15) is 18.2 Å². The Bertz CT molecular complexity index is 4330. The molecule has 400 valence electrons. The summed E-state index contributed by atoms with van der Waals surface area (Å²) in [4.78, 5) is 28.5. The zero-order chi connectivity index (χ0) is 56.2. The number of hydrogen-bond acceptors (Lipinski definition) is 7. The second-order valence-electron chi connectivity index (χ2n) is 20.5. The third-order valence-corrected chi connectivity index (χ3v) is 16.8. The van der Waals surface area contributed by atoms with E-state index in [1.807, 2.05) is 146 Å². The maximum absolute atomic E-state index is 15.1. The van der Waals surface area contributed by atoms with E-state index in [9.17, 15) is 41.7 Å². The minimum atomic E-state index is -6.24. The molecule has 4 unspecified atom stereocenters. The molecule has 1 aliphatic heterocycles. The number of anilines is 2. The van der Waals surface area contributed by atoms with E-state index in [4.69, 9.17) is 4.74 Å². The van der Waals surface area contributed by atoms with E-state index >= 15 is 4.39 Å². The number of aromatic nitrogens is 1. The molecule has 0 amide bonds. The molecule has 9 aromatic carbocycles. The van der Waals surface area contributed by atoms with Crippen molar-refractivity contribution in [2.75, 3.05) is 11.5 Å². The molecule has 0 radical (unpaired) electrons. The van der Waals surface area contributed by atoms with Crippen molar-refractivity contribution in [3.8, 4) is 6.07 Å². The molecule has 2 aliphatic rings. The van der Waals surface area contributed by atoms with E-state index in [-0.39, 0.29) is 18.2 Å². The van der Waals surface area contributed by atoms with Crippen molar-refractivity contribution in [2.45, 2.75) is 42.8 Å². The summed E-state index contributed by atoms with van der Waals surface area (Å²) in [6.07, 6.45) is 5.19. The number of carboxylic acid groups (broad SMARTS) is 1. The van der Waals surface area contributed by atoms with Crippen LogP contribution in [0.2, 0.25) is 0 Å². The summed E-state index contributed by atoms with van der Waals surface area (Å²) < 4.78 is 83.3. The number of hydrogen-bond donors (Lipinski definition) is 2. The minimum absolute atomic E-state index is 0.214. The molecule has 14 heteroatoms. The molecule has 0 spiro atoms. The third-order valence-electron chi connectivity index (χ3n) is 15.8. The lowest BCUT2D eigenvalue weighted by atomic mass is 9.77. The predicted octanol–water partition coefficient (Wildman–Crippen LogP) is 14.2. The van der Waals surface area contributed by atoms with E-state index in [0.717, 1.165) is 88.2 Å². The number of para-hydroxylation sites is 1. The van der Waals surface area contributed by atoms with Crippen LogP contribution in [-0.2, 0) is 31.0 Å². The van der Waals surface area contributed by atoms with Gasteiger partial charge in [0.05, 0.1) is 5.39 Å². The number of esters is 1. The first-order valence-corrected chi connectivity index (χ1v) is 27.8. The largest absolute Gasteiger partial charge is 0.477 e. The topological polar surface area (TPSA) is 149 Å². The van der Waals surface area contributed by atoms with E-state index in [2.05, 4.69) is 71.6 Å². The lowest BCUT2D eigenvalue weighted by molar-refractivity contribution is -0.660. The zero-order valence-electron chi connectivity index (χ0n) is 43.2. The Morgan fingerprint density at radius 3 is 2.06 bits per heavy atom. The predicted molar refractivity (Wildman–Crippen MR) is 310 cm³/mol. The number of ether oxygens (including phenoxy) is 1. The Kier molecular flexibility index (Phi) is 13.6. The van der Waals surface area contributed by atoms with Crippen molar-refractivity contribution < 1.29 is 50.1 Å². The quantitative estimate of drug-likeness (QED) is 0.0195.